The highest BCUT2D eigenvalue weighted by Crippen LogP contribution is 2.45. The summed E-state index contributed by atoms with van der Waals surface area (Å²) in [6.07, 6.45) is -7.29. The number of nitrogens with zero attached hydrogens (tertiary/aromatic N) is 7. The lowest BCUT2D eigenvalue weighted by Crippen LogP contribution is -2.48. The van der Waals surface area contributed by atoms with Crippen LogP contribution in [0.15, 0.2) is 48.8 Å². The zero-order valence-corrected chi connectivity index (χ0v) is 24.7. The number of hydrogen-bond donors (Lipinski definition) is 1. The molecule has 5 rings (SSSR count). The summed E-state index contributed by atoms with van der Waals surface area (Å²) in [5.74, 6) is 0.584. The second-order valence-electron chi connectivity index (χ2n) is 10.4. The van der Waals surface area contributed by atoms with Crippen molar-refractivity contribution in [2.24, 2.45) is 0 Å². The van der Waals surface area contributed by atoms with E-state index in [9.17, 15) is 31.1 Å². The molecule has 1 amide bonds. The largest absolute Gasteiger partial charge is 0.497 e. The van der Waals surface area contributed by atoms with Crippen LogP contribution in [0.3, 0.4) is 0 Å². The number of ether oxygens (including phenoxy) is 2. The molecule has 1 unspecified atom stereocenters. The van der Waals surface area contributed by atoms with Gasteiger partial charge in [0, 0.05) is 30.5 Å². The average Bonchev–Trinajstić information content (AvgIpc) is 3.57. The quantitative estimate of drug-likeness (QED) is 0.210. The van der Waals surface area contributed by atoms with E-state index in [1.165, 1.54) is 29.3 Å². The van der Waals surface area contributed by atoms with Crippen molar-refractivity contribution < 1.29 is 40.6 Å². The summed E-state index contributed by atoms with van der Waals surface area (Å²) >= 11 is 0. The van der Waals surface area contributed by atoms with Gasteiger partial charge in [-0.15, -0.1) is 10.2 Å². The maximum atomic E-state index is 13.8. The first-order chi connectivity index (χ1) is 21.8. The van der Waals surface area contributed by atoms with Gasteiger partial charge in [-0.25, -0.2) is 14.8 Å². The summed E-state index contributed by atoms with van der Waals surface area (Å²) in [5, 5.41) is 13.6. The Labute approximate surface area is 258 Å². The van der Waals surface area contributed by atoms with Crippen molar-refractivity contribution in [3.63, 3.8) is 0 Å². The van der Waals surface area contributed by atoms with Gasteiger partial charge in [-0.3, -0.25) is 4.90 Å². The third-order valence-electron chi connectivity index (χ3n) is 7.52. The summed E-state index contributed by atoms with van der Waals surface area (Å²) in [6, 6.07) is 5.19. The Morgan fingerprint density at radius 3 is 2.24 bits per heavy atom. The molecule has 1 N–H and O–H groups in total. The fourth-order valence-corrected chi connectivity index (χ4v) is 5.41. The van der Waals surface area contributed by atoms with Crippen molar-refractivity contribution in [1.29, 1.82) is 0 Å². The lowest BCUT2D eigenvalue weighted by atomic mass is 9.88. The van der Waals surface area contributed by atoms with Crippen LogP contribution in [0, 0.1) is 0 Å². The van der Waals surface area contributed by atoms with Crippen LogP contribution >= 0.6 is 0 Å². The molecule has 11 nitrogen and oxygen atoms in total. The molecule has 0 spiro atoms. The monoisotopic (exact) mass is 650 g/mol. The highest BCUT2D eigenvalue weighted by atomic mass is 19.4. The molecule has 1 aliphatic rings. The molecule has 0 bridgehead atoms. The van der Waals surface area contributed by atoms with Crippen LogP contribution in [-0.2, 0) is 23.6 Å². The molecule has 0 saturated heterocycles. The van der Waals surface area contributed by atoms with Gasteiger partial charge in [-0.05, 0) is 66.9 Å². The molecular weight excluding hydrogens is 622 g/mol. The van der Waals surface area contributed by atoms with E-state index in [1.807, 2.05) is 6.92 Å². The van der Waals surface area contributed by atoms with Gasteiger partial charge in [0.05, 0.1) is 42.1 Å². The number of amides is 1. The minimum Gasteiger partial charge on any atom is -0.497 e. The van der Waals surface area contributed by atoms with Crippen molar-refractivity contribution in [1.82, 2.24) is 30.6 Å². The number of carbonyl (C=O) groups excluding carboxylic acids is 1. The Bertz CT molecular complexity index is 1630. The smallest absolute Gasteiger partial charge is 0.416 e. The van der Waals surface area contributed by atoms with E-state index >= 15 is 0 Å². The predicted octanol–water partition coefficient (Wildman–Crippen LogP) is 6.60. The van der Waals surface area contributed by atoms with Crippen molar-refractivity contribution in [3.05, 3.63) is 71.0 Å². The third kappa shape index (κ3) is 6.67. The summed E-state index contributed by atoms with van der Waals surface area (Å²) in [4.78, 5) is 25.0. The van der Waals surface area contributed by atoms with E-state index < -0.39 is 48.2 Å². The normalized spacial score (nSPS) is 16.6. The van der Waals surface area contributed by atoms with Crippen molar-refractivity contribution in [2.75, 3.05) is 23.5 Å². The first-order valence-electron chi connectivity index (χ1n) is 14.1. The molecular formula is C29H28F6N8O3. The van der Waals surface area contributed by atoms with Gasteiger partial charge in [0.15, 0.2) is 0 Å². The molecule has 0 saturated carbocycles. The zero-order chi connectivity index (χ0) is 33.2. The molecule has 4 aromatic rings. The number of benzene rings is 2. The van der Waals surface area contributed by atoms with E-state index in [4.69, 9.17) is 9.47 Å². The van der Waals surface area contributed by atoms with Crippen LogP contribution < -0.4 is 14.5 Å². The highest BCUT2D eigenvalue weighted by molar-refractivity contribution is 5.90. The number of H-pyrrole nitrogens is 1. The lowest BCUT2D eigenvalue weighted by Gasteiger charge is -2.44. The molecule has 244 valence electrons. The Hall–Kier alpha value is -4.96. The standard InChI is InChI=1S/C29H28F6N8O3/c1-4-20-11-24(22-12-21(45-3)6-7-23(22)43(20)27(44)46-5-2)42(26-36-13-17(14-37-26)25-38-40-41-39-25)15-16-8-18(28(30,31)32)10-19(9-16)29(33,34)35/h6-10,12-14,20,24H,4-5,11,15H2,1-3H3,(H,38,39,40,41)/t20-,24?/m1/s1. The summed E-state index contributed by atoms with van der Waals surface area (Å²) in [7, 11) is 1.44. The molecule has 2 aromatic carbocycles. The topological polar surface area (TPSA) is 122 Å². The maximum Gasteiger partial charge on any atom is 0.416 e. The van der Waals surface area contributed by atoms with Crippen LogP contribution in [-0.4, -0.2) is 56.4 Å². The van der Waals surface area contributed by atoms with Gasteiger partial charge in [-0.1, -0.05) is 6.92 Å². The van der Waals surface area contributed by atoms with Crippen LogP contribution in [0.4, 0.5) is 42.8 Å². The molecule has 0 radical (unpaired) electrons. The molecule has 1 aliphatic heterocycles. The minimum absolute atomic E-state index is 0.00331. The van der Waals surface area contributed by atoms with Gasteiger partial charge < -0.3 is 14.4 Å². The first-order valence-corrected chi connectivity index (χ1v) is 14.1. The number of rotatable bonds is 8. The molecule has 2 aromatic heterocycles. The molecule has 17 heteroatoms. The predicted molar refractivity (Wildman–Crippen MR) is 152 cm³/mol. The fourth-order valence-electron chi connectivity index (χ4n) is 5.41. The summed E-state index contributed by atoms with van der Waals surface area (Å²) < 4.78 is 93.6. The van der Waals surface area contributed by atoms with Crippen molar-refractivity contribution in [3.8, 4) is 17.1 Å². The molecule has 0 aliphatic carbocycles. The number of anilines is 2. The maximum absolute atomic E-state index is 13.8. The third-order valence-corrected chi connectivity index (χ3v) is 7.52. The number of aromatic amines is 1. The van der Waals surface area contributed by atoms with E-state index in [-0.39, 0.29) is 36.4 Å². The number of fused-ring (bicyclic) bond motifs is 1. The van der Waals surface area contributed by atoms with Crippen LogP contribution in [0.25, 0.3) is 11.4 Å². The second kappa shape index (κ2) is 12.8. The van der Waals surface area contributed by atoms with Crippen LogP contribution in [0.1, 0.15) is 55.0 Å². The van der Waals surface area contributed by atoms with Crippen molar-refractivity contribution >= 4 is 17.7 Å². The van der Waals surface area contributed by atoms with E-state index in [0.29, 0.717) is 41.1 Å². The fraction of sp³-hybridized carbons (Fsp3) is 0.379. The Balaban J connectivity index is 1.68. The minimum atomic E-state index is -5.04. The van der Waals surface area contributed by atoms with Gasteiger partial charge in [0.1, 0.15) is 5.75 Å². The Kier molecular flexibility index (Phi) is 9.03. The lowest BCUT2D eigenvalue weighted by molar-refractivity contribution is -0.143. The number of tetrazole rings is 1. The van der Waals surface area contributed by atoms with E-state index in [0.717, 1.165) is 0 Å². The molecule has 3 heterocycles. The van der Waals surface area contributed by atoms with Crippen LogP contribution in [0.2, 0.25) is 0 Å². The summed E-state index contributed by atoms with van der Waals surface area (Å²) in [6.45, 7) is 3.18. The van der Waals surface area contributed by atoms with E-state index in [2.05, 4.69) is 30.6 Å². The number of aromatic nitrogens is 6. The highest BCUT2D eigenvalue weighted by Gasteiger charge is 2.41. The summed E-state index contributed by atoms with van der Waals surface area (Å²) in [5.41, 5.74) is -1.87. The van der Waals surface area contributed by atoms with E-state index in [1.54, 1.807) is 25.1 Å². The number of hydrogen-bond acceptors (Lipinski definition) is 9. The number of alkyl halides is 6. The first kappa shape index (κ1) is 32.4. The van der Waals surface area contributed by atoms with Gasteiger partial charge >= 0.3 is 18.4 Å². The Morgan fingerprint density at radius 2 is 1.70 bits per heavy atom. The number of nitrogens with one attached hydrogen (secondary N) is 1. The number of carbonyl (C=O) groups is 1. The molecule has 0 fully saturated rings. The second-order valence-corrected chi connectivity index (χ2v) is 10.4. The van der Waals surface area contributed by atoms with Gasteiger partial charge in [0.25, 0.3) is 0 Å². The Morgan fingerprint density at radius 1 is 1.02 bits per heavy atom. The number of methoxy groups -OCH3 is 1. The SMILES string of the molecule is CCOC(=O)N1c2ccc(OC)cc2C(N(Cc2cc(C(F)(F)F)cc(C(F)(F)F)c2)c2ncc(-c3nn[nH]n3)cn2)C[C@H]1CC. The molecule has 46 heavy (non-hydrogen) atoms. The van der Waals surface area contributed by atoms with Crippen molar-refractivity contribution in [2.45, 2.75) is 57.7 Å². The van der Waals surface area contributed by atoms with Gasteiger partial charge in [0.2, 0.25) is 11.8 Å². The average molecular weight is 651 g/mol. The van der Waals surface area contributed by atoms with Gasteiger partial charge in [-0.2, -0.15) is 31.6 Å². The van der Waals surface area contributed by atoms with Crippen LogP contribution in [0.5, 0.6) is 5.75 Å². The zero-order valence-electron chi connectivity index (χ0n) is 24.7. The molecule has 2 atom stereocenters. The number of halogens is 6.